The highest BCUT2D eigenvalue weighted by Gasteiger charge is 2.20. The van der Waals surface area contributed by atoms with Crippen LogP contribution in [-0.2, 0) is 0 Å². The molecule has 0 saturated heterocycles. The number of rotatable bonds is 9. The fourth-order valence-corrected chi connectivity index (χ4v) is 7.77. The van der Waals surface area contributed by atoms with Gasteiger partial charge in [0.1, 0.15) is 11.5 Å². The molecule has 0 spiro atoms. The van der Waals surface area contributed by atoms with Crippen LogP contribution in [0.25, 0.3) is 38.3 Å². The highest BCUT2D eigenvalue weighted by Crippen LogP contribution is 2.43. The number of anilines is 6. The summed E-state index contributed by atoms with van der Waals surface area (Å²) in [5, 5.41) is 4.74. The van der Waals surface area contributed by atoms with E-state index in [4.69, 9.17) is 9.47 Å². The normalized spacial score (nSPS) is 11.3. The summed E-state index contributed by atoms with van der Waals surface area (Å²) in [6.45, 7) is 6.38. The van der Waals surface area contributed by atoms with Gasteiger partial charge in [0.15, 0.2) is 0 Å². The highest BCUT2D eigenvalue weighted by molar-refractivity contribution is 6.14. The van der Waals surface area contributed by atoms with E-state index in [1.165, 1.54) is 32.8 Å². The van der Waals surface area contributed by atoms with Crippen LogP contribution in [0.3, 0.4) is 0 Å². The summed E-state index contributed by atoms with van der Waals surface area (Å²) in [6.07, 6.45) is 0. The van der Waals surface area contributed by atoms with Crippen molar-refractivity contribution in [2.75, 3.05) is 24.0 Å². The lowest BCUT2D eigenvalue weighted by atomic mass is 10.0. The van der Waals surface area contributed by atoms with Crippen LogP contribution in [0.1, 0.15) is 16.7 Å². The summed E-state index contributed by atoms with van der Waals surface area (Å²) in [5.74, 6) is 1.63. The van der Waals surface area contributed by atoms with E-state index in [9.17, 15) is 0 Å². The SMILES string of the molecule is COc1cccc(N(c2ccc(C)cc2)c2ccc3cc4c5ccc(N(c6ccc(C)cc6)c6cccc(OC)c6)cc5n(-c5ccc(C)cc5)c4cc3c2)c1. The highest BCUT2D eigenvalue weighted by atomic mass is 16.5. The van der Waals surface area contributed by atoms with Crippen LogP contribution in [0, 0.1) is 20.8 Å². The Bertz CT molecular complexity index is 2860. The Morgan fingerprint density at radius 3 is 1.39 bits per heavy atom. The first-order valence-electron chi connectivity index (χ1n) is 19.0. The molecule has 0 N–H and O–H groups in total. The molecule has 1 heterocycles. The molecular formula is C51H43N3O2. The molecule has 0 aliphatic carbocycles. The van der Waals surface area contributed by atoms with E-state index in [2.05, 4.69) is 181 Å². The number of ether oxygens (including phenoxy) is 2. The van der Waals surface area contributed by atoms with E-state index in [1.54, 1.807) is 14.2 Å². The number of hydrogen-bond donors (Lipinski definition) is 0. The maximum absolute atomic E-state index is 5.68. The smallest absolute Gasteiger partial charge is 0.120 e. The van der Waals surface area contributed by atoms with Crippen molar-refractivity contribution in [1.29, 1.82) is 0 Å². The minimum atomic E-state index is 0.813. The third-order valence-corrected chi connectivity index (χ3v) is 10.7. The van der Waals surface area contributed by atoms with Crippen LogP contribution in [0.2, 0.25) is 0 Å². The van der Waals surface area contributed by atoms with Crippen molar-refractivity contribution in [1.82, 2.24) is 4.57 Å². The maximum Gasteiger partial charge on any atom is 0.120 e. The molecule has 0 amide bonds. The molecular weight excluding hydrogens is 687 g/mol. The summed E-state index contributed by atoms with van der Waals surface area (Å²) in [7, 11) is 3.43. The van der Waals surface area contributed by atoms with Gasteiger partial charge in [-0.05, 0) is 129 Å². The second-order valence-corrected chi connectivity index (χ2v) is 14.5. The van der Waals surface area contributed by atoms with Gasteiger partial charge in [-0.1, -0.05) is 77.4 Å². The van der Waals surface area contributed by atoms with Crippen LogP contribution in [0.4, 0.5) is 34.1 Å². The zero-order valence-corrected chi connectivity index (χ0v) is 32.3. The number of hydrogen-bond acceptors (Lipinski definition) is 4. The van der Waals surface area contributed by atoms with Gasteiger partial charge >= 0.3 is 0 Å². The van der Waals surface area contributed by atoms with Crippen LogP contribution in [0.15, 0.2) is 170 Å². The first-order chi connectivity index (χ1) is 27.4. The number of fused-ring (bicyclic) bond motifs is 4. The van der Waals surface area contributed by atoms with Crippen molar-refractivity contribution >= 4 is 66.7 Å². The van der Waals surface area contributed by atoms with Gasteiger partial charge in [-0.2, -0.15) is 0 Å². The lowest BCUT2D eigenvalue weighted by Crippen LogP contribution is -2.10. The van der Waals surface area contributed by atoms with Crippen LogP contribution in [0.5, 0.6) is 11.5 Å². The largest absolute Gasteiger partial charge is 0.497 e. The lowest BCUT2D eigenvalue weighted by Gasteiger charge is -2.26. The lowest BCUT2D eigenvalue weighted by molar-refractivity contribution is 0.415. The quantitative estimate of drug-likeness (QED) is 0.148. The molecule has 9 aromatic rings. The van der Waals surface area contributed by atoms with E-state index in [0.29, 0.717) is 0 Å². The number of nitrogens with zero attached hydrogens (tertiary/aromatic N) is 3. The molecule has 1 aromatic heterocycles. The van der Waals surface area contributed by atoms with Gasteiger partial charge in [0.05, 0.1) is 25.3 Å². The Hall–Kier alpha value is -6.98. The van der Waals surface area contributed by atoms with Crippen LogP contribution >= 0.6 is 0 Å². The Morgan fingerprint density at radius 2 is 0.839 bits per heavy atom. The van der Waals surface area contributed by atoms with E-state index in [1.807, 2.05) is 24.3 Å². The predicted molar refractivity (Wildman–Crippen MR) is 235 cm³/mol. The summed E-state index contributed by atoms with van der Waals surface area (Å²) >= 11 is 0. The third kappa shape index (κ3) is 6.37. The Kier molecular flexibility index (Phi) is 8.91. The van der Waals surface area contributed by atoms with Crippen LogP contribution < -0.4 is 19.3 Å². The molecule has 9 rings (SSSR count). The molecule has 0 fully saturated rings. The number of aromatic nitrogens is 1. The molecule has 0 atom stereocenters. The van der Waals surface area contributed by atoms with Gasteiger partial charge in [0.25, 0.3) is 0 Å². The first kappa shape index (κ1) is 34.8. The summed E-state index contributed by atoms with van der Waals surface area (Å²) < 4.78 is 13.8. The van der Waals surface area contributed by atoms with Gasteiger partial charge < -0.3 is 23.8 Å². The fraction of sp³-hybridized carbons (Fsp3) is 0.0980. The molecule has 0 saturated carbocycles. The molecule has 0 radical (unpaired) electrons. The summed E-state index contributed by atoms with van der Waals surface area (Å²) in [5.41, 5.74) is 13.4. The Labute approximate surface area is 328 Å². The zero-order valence-electron chi connectivity index (χ0n) is 32.3. The molecule has 5 nitrogen and oxygen atoms in total. The maximum atomic E-state index is 5.68. The number of aryl methyl sites for hydroxylation is 3. The van der Waals surface area contributed by atoms with Gasteiger partial charge in [-0.3, -0.25) is 0 Å². The fourth-order valence-electron chi connectivity index (χ4n) is 7.77. The first-order valence-corrected chi connectivity index (χ1v) is 19.0. The van der Waals surface area contributed by atoms with Crippen molar-refractivity contribution in [3.8, 4) is 17.2 Å². The number of methoxy groups -OCH3 is 2. The Balaban J connectivity index is 1.27. The molecule has 0 unspecified atom stereocenters. The third-order valence-electron chi connectivity index (χ3n) is 10.7. The monoisotopic (exact) mass is 729 g/mol. The molecule has 0 bridgehead atoms. The topological polar surface area (TPSA) is 29.9 Å². The van der Waals surface area contributed by atoms with Crippen molar-refractivity contribution in [2.24, 2.45) is 0 Å². The predicted octanol–water partition coefficient (Wildman–Crippen LogP) is 13.8. The number of benzene rings is 8. The van der Waals surface area contributed by atoms with E-state index in [0.717, 1.165) is 67.7 Å². The van der Waals surface area contributed by atoms with Crippen molar-refractivity contribution in [2.45, 2.75) is 20.8 Å². The van der Waals surface area contributed by atoms with Crippen molar-refractivity contribution < 1.29 is 9.47 Å². The second kappa shape index (κ2) is 14.3. The molecule has 56 heavy (non-hydrogen) atoms. The molecule has 8 aromatic carbocycles. The van der Waals surface area contributed by atoms with Crippen LogP contribution in [-0.4, -0.2) is 18.8 Å². The zero-order chi connectivity index (χ0) is 38.3. The van der Waals surface area contributed by atoms with Gasteiger partial charge in [-0.15, -0.1) is 0 Å². The van der Waals surface area contributed by atoms with E-state index < -0.39 is 0 Å². The minimum absolute atomic E-state index is 0.813. The molecule has 5 heteroatoms. The molecule has 0 aliphatic rings. The van der Waals surface area contributed by atoms with Gasteiger partial charge in [0, 0.05) is 62.7 Å². The minimum Gasteiger partial charge on any atom is -0.497 e. The second-order valence-electron chi connectivity index (χ2n) is 14.5. The molecule has 0 aliphatic heterocycles. The van der Waals surface area contributed by atoms with E-state index in [-0.39, 0.29) is 0 Å². The summed E-state index contributed by atoms with van der Waals surface area (Å²) in [6, 6.07) is 61.1. The standard InChI is InChI=1S/C51H43N3O2/c1-34-12-19-39(20-13-34)52(42-8-6-10-46(31-42)55-4)44-25-18-37-29-49-48-27-26-45(53(40-21-14-35(2)15-22-40)43-9-7-11-47(32-43)56-5)33-51(48)54(50(49)30-38(37)28-44)41-23-16-36(3)17-24-41/h6-33H,1-5H3. The average Bonchev–Trinajstić information content (AvgIpc) is 3.54. The molecule has 274 valence electrons. The van der Waals surface area contributed by atoms with E-state index >= 15 is 0 Å². The van der Waals surface area contributed by atoms with Crippen molar-refractivity contribution in [3.63, 3.8) is 0 Å². The van der Waals surface area contributed by atoms with Crippen molar-refractivity contribution in [3.05, 3.63) is 187 Å². The van der Waals surface area contributed by atoms with Gasteiger partial charge in [0.2, 0.25) is 0 Å². The summed E-state index contributed by atoms with van der Waals surface area (Å²) in [4.78, 5) is 4.60. The van der Waals surface area contributed by atoms with Gasteiger partial charge in [-0.25, -0.2) is 0 Å². The Morgan fingerprint density at radius 1 is 0.375 bits per heavy atom. The average molecular weight is 730 g/mol.